The van der Waals surface area contributed by atoms with Crippen molar-refractivity contribution in [1.29, 1.82) is 0 Å². The maximum atomic E-state index is 10.1. The summed E-state index contributed by atoms with van der Waals surface area (Å²) in [5, 5.41) is 0. The molecule has 1 unspecified atom stereocenters. The van der Waals surface area contributed by atoms with Crippen LogP contribution in [0.1, 0.15) is 18.6 Å². The molecule has 1 aromatic carbocycles. The van der Waals surface area contributed by atoms with Crippen molar-refractivity contribution >= 4 is 11.9 Å². The van der Waals surface area contributed by atoms with Crippen LogP contribution in [-0.2, 0) is 16.1 Å². The summed E-state index contributed by atoms with van der Waals surface area (Å²) in [6.45, 7) is 1.86. The molecule has 0 aliphatic rings. The lowest BCUT2D eigenvalue weighted by Crippen LogP contribution is -1.94. The second-order valence-electron chi connectivity index (χ2n) is 2.23. The lowest BCUT2D eigenvalue weighted by atomic mass is 10.1. The van der Waals surface area contributed by atoms with E-state index in [1.165, 1.54) is 0 Å². The number of hydrogen-bond donors (Lipinski definition) is 1. The first-order valence-electron chi connectivity index (χ1n) is 3.38. The van der Waals surface area contributed by atoms with Crippen molar-refractivity contribution in [3.05, 3.63) is 35.9 Å². The normalized spacial score (nSPS) is 12.8. The highest BCUT2D eigenvalue weighted by Gasteiger charge is 2.02. The van der Waals surface area contributed by atoms with Crippen molar-refractivity contribution in [3.8, 4) is 0 Å². The molecule has 0 amide bonds. The molecule has 1 aromatic rings. The second kappa shape index (κ2) is 4.26. The van der Waals surface area contributed by atoms with Gasteiger partial charge >= 0.3 is 0 Å². The zero-order valence-electron chi connectivity index (χ0n) is 6.23. The molecular formula is C8H10O2S. The van der Waals surface area contributed by atoms with Crippen LogP contribution in [0.25, 0.3) is 0 Å². The summed E-state index contributed by atoms with van der Waals surface area (Å²) < 4.78 is 14.9. The van der Waals surface area contributed by atoms with Crippen LogP contribution in [0.5, 0.6) is 0 Å². The molecule has 0 N–H and O–H groups in total. The zero-order chi connectivity index (χ0) is 8.10. The van der Waals surface area contributed by atoms with E-state index in [0.717, 1.165) is 5.56 Å². The lowest BCUT2D eigenvalue weighted by molar-refractivity contribution is 0.262. The van der Waals surface area contributed by atoms with Crippen molar-refractivity contribution in [2.45, 2.75) is 13.0 Å². The maximum absolute atomic E-state index is 10.1. The largest absolute Gasteiger partial charge is 0.285 e. The second-order valence-corrected chi connectivity index (χ2v) is 2.59. The van der Waals surface area contributed by atoms with Crippen LogP contribution in [-0.4, -0.2) is 4.21 Å². The van der Waals surface area contributed by atoms with Gasteiger partial charge in [0.05, 0.1) is 6.10 Å². The van der Waals surface area contributed by atoms with Crippen molar-refractivity contribution in [2.24, 2.45) is 0 Å². The Morgan fingerprint density at radius 3 is 2.55 bits per heavy atom. The van der Waals surface area contributed by atoms with E-state index in [2.05, 4.69) is 0 Å². The van der Waals surface area contributed by atoms with Gasteiger partial charge in [0, 0.05) is 0 Å². The van der Waals surface area contributed by atoms with Crippen LogP contribution in [0.2, 0.25) is 0 Å². The van der Waals surface area contributed by atoms with E-state index in [-0.39, 0.29) is 18.1 Å². The average Bonchev–Trinajstić information content (AvgIpc) is 2.07. The molecule has 0 saturated carbocycles. The minimum atomic E-state index is -0.266. The predicted octanol–water partition coefficient (Wildman–Crippen LogP) is 1.62. The van der Waals surface area contributed by atoms with Gasteiger partial charge in [-0.1, -0.05) is 30.3 Å². The van der Waals surface area contributed by atoms with E-state index < -0.39 is 0 Å². The molecule has 0 radical (unpaired) electrons. The summed E-state index contributed by atoms with van der Waals surface area (Å²) >= 11 is -0.266. The van der Waals surface area contributed by atoms with Gasteiger partial charge in [-0.2, -0.15) is 0 Å². The van der Waals surface area contributed by atoms with E-state index in [1.54, 1.807) is 0 Å². The van der Waals surface area contributed by atoms with E-state index >= 15 is 0 Å². The molecule has 0 bridgehead atoms. The lowest BCUT2D eigenvalue weighted by Gasteiger charge is -2.06. The van der Waals surface area contributed by atoms with Crippen molar-refractivity contribution in [3.63, 3.8) is 0 Å². The summed E-state index contributed by atoms with van der Waals surface area (Å²) in [7, 11) is 0. The first kappa shape index (κ1) is 8.43. The molecule has 3 heteroatoms. The molecule has 60 valence electrons. The fraction of sp³-hybridized carbons (Fsp3) is 0.250. The number of benzene rings is 1. The quantitative estimate of drug-likeness (QED) is 0.698. The first-order chi connectivity index (χ1) is 5.34. The van der Waals surface area contributed by atoms with Gasteiger partial charge in [-0.25, -0.2) is 4.21 Å². The third kappa shape index (κ3) is 2.44. The van der Waals surface area contributed by atoms with Crippen LogP contribution >= 0.6 is 0 Å². The molecule has 2 nitrogen and oxygen atoms in total. The highest BCUT2D eigenvalue weighted by Crippen LogP contribution is 2.14. The first-order valence-corrected chi connectivity index (χ1v) is 4.11. The molecule has 11 heavy (non-hydrogen) atoms. The highest BCUT2D eigenvalue weighted by atomic mass is 32.2. The van der Waals surface area contributed by atoms with E-state index in [0.29, 0.717) is 0 Å². The summed E-state index contributed by atoms with van der Waals surface area (Å²) in [5.74, 6) is 0. The third-order valence-corrected chi connectivity index (χ3v) is 1.87. The van der Waals surface area contributed by atoms with Gasteiger partial charge in [-0.15, -0.1) is 0 Å². The smallest absolute Gasteiger partial charge is 0.142 e. The minimum Gasteiger partial charge on any atom is -0.285 e. The molecular weight excluding hydrogens is 160 g/mol. The molecule has 0 fully saturated rings. The van der Waals surface area contributed by atoms with Gasteiger partial charge in [0.25, 0.3) is 0 Å². The molecule has 0 heterocycles. The van der Waals surface area contributed by atoms with Crippen LogP contribution in [0.15, 0.2) is 30.3 Å². The van der Waals surface area contributed by atoms with E-state index in [9.17, 15) is 4.21 Å². The van der Waals surface area contributed by atoms with Crippen LogP contribution < -0.4 is 0 Å². The number of hydrogen-bond acceptors (Lipinski definition) is 2. The standard InChI is InChI=1S/C8H10O2S/c1-7(10-11-9)8-5-3-2-4-6-8/h2-7,11H,1H3. The van der Waals surface area contributed by atoms with Gasteiger partial charge in [-0.05, 0) is 12.5 Å². The fourth-order valence-electron chi connectivity index (χ4n) is 0.849. The molecule has 0 aliphatic carbocycles. The van der Waals surface area contributed by atoms with Crippen LogP contribution in [0.4, 0.5) is 0 Å². The Labute approximate surface area is 69.9 Å². The molecule has 1 rings (SSSR count). The molecule has 0 aromatic heterocycles. The van der Waals surface area contributed by atoms with Crippen molar-refractivity contribution in [1.82, 2.24) is 0 Å². The zero-order valence-corrected chi connectivity index (χ0v) is 7.12. The highest BCUT2D eigenvalue weighted by molar-refractivity contribution is 7.60. The summed E-state index contributed by atoms with van der Waals surface area (Å²) in [5.41, 5.74) is 1.04. The molecule has 0 saturated heterocycles. The van der Waals surface area contributed by atoms with Crippen molar-refractivity contribution < 1.29 is 8.39 Å². The van der Waals surface area contributed by atoms with Gasteiger partial charge in [0.15, 0.2) is 0 Å². The topological polar surface area (TPSA) is 26.3 Å². The Morgan fingerprint density at radius 1 is 1.36 bits per heavy atom. The molecule has 1 atom stereocenters. The Balaban J connectivity index is 2.68. The monoisotopic (exact) mass is 170 g/mol. The summed E-state index contributed by atoms with van der Waals surface area (Å²) in [6.07, 6.45) is -0.102. The number of thiol groups is 1. The number of rotatable bonds is 3. The average molecular weight is 170 g/mol. The van der Waals surface area contributed by atoms with Crippen LogP contribution in [0.3, 0.4) is 0 Å². The summed E-state index contributed by atoms with van der Waals surface area (Å²) in [4.78, 5) is 0. The van der Waals surface area contributed by atoms with Crippen LogP contribution in [0, 0.1) is 0 Å². The maximum Gasteiger partial charge on any atom is 0.142 e. The Bertz CT molecular complexity index is 223. The fourth-order valence-corrected chi connectivity index (χ4v) is 1.10. The van der Waals surface area contributed by atoms with Gasteiger partial charge < -0.3 is 0 Å². The van der Waals surface area contributed by atoms with Gasteiger partial charge in [-0.3, -0.25) is 4.18 Å². The molecule has 0 aliphatic heterocycles. The third-order valence-electron chi connectivity index (χ3n) is 1.47. The Morgan fingerprint density at radius 2 is 2.00 bits per heavy atom. The Hall–Kier alpha value is -0.670. The van der Waals surface area contributed by atoms with E-state index in [4.69, 9.17) is 4.18 Å². The van der Waals surface area contributed by atoms with E-state index in [1.807, 2.05) is 37.3 Å². The predicted molar refractivity (Wildman–Crippen MR) is 45.5 cm³/mol. The van der Waals surface area contributed by atoms with Gasteiger partial charge in [0.1, 0.15) is 11.9 Å². The minimum absolute atomic E-state index is 0.102. The summed E-state index contributed by atoms with van der Waals surface area (Å²) in [6, 6.07) is 9.67. The van der Waals surface area contributed by atoms with Crippen molar-refractivity contribution in [2.75, 3.05) is 0 Å². The molecule has 0 spiro atoms. The SMILES string of the molecule is CC(O[SH]=O)c1ccccc1. The van der Waals surface area contributed by atoms with Gasteiger partial charge in [0.2, 0.25) is 0 Å². The Kier molecular flexibility index (Phi) is 3.26.